The van der Waals surface area contributed by atoms with Crippen LogP contribution in [-0.2, 0) is 4.74 Å². The summed E-state index contributed by atoms with van der Waals surface area (Å²) < 4.78 is 7.49. The summed E-state index contributed by atoms with van der Waals surface area (Å²) in [5.41, 5.74) is 3.61. The molecule has 6 heteroatoms. The summed E-state index contributed by atoms with van der Waals surface area (Å²) in [5, 5.41) is 8.24. The highest BCUT2D eigenvalue weighted by atomic mass is 35.5. The van der Waals surface area contributed by atoms with Crippen molar-refractivity contribution in [1.82, 2.24) is 15.1 Å². The van der Waals surface area contributed by atoms with E-state index in [0.29, 0.717) is 23.0 Å². The highest BCUT2D eigenvalue weighted by molar-refractivity contribution is 6.31. The lowest BCUT2D eigenvalue weighted by molar-refractivity contribution is 0.0906. The van der Waals surface area contributed by atoms with Gasteiger partial charge in [0.25, 0.3) is 5.91 Å². The van der Waals surface area contributed by atoms with Gasteiger partial charge >= 0.3 is 0 Å². The molecule has 1 N–H and O–H groups in total. The van der Waals surface area contributed by atoms with Gasteiger partial charge < -0.3 is 10.1 Å². The Morgan fingerprint density at radius 3 is 2.92 bits per heavy atom. The van der Waals surface area contributed by atoms with Crippen molar-refractivity contribution in [3.8, 4) is 5.69 Å². The number of carbonyl (C=O) groups is 1. The fraction of sp³-hybridized carbons (Fsp3) is 0.500. The first-order valence-corrected chi connectivity index (χ1v) is 9.75. The van der Waals surface area contributed by atoms with E-state index < -0.39 is 0 Å². The predicted molar refractivity (Wildman–Crippen MR) is 101 cm³/mol. The molecule has 0 radical (unpaired) electrons. The van der Waals surface area contributed by atoms with Crippen LogP contribution in [0.5, 0.6) is 0 Å². The first-order valence-electron chi connectivity index (χ1n) is 9.37. The van der Waals surface area contributed by atoms with Crippen molar-refractivity contribution >= 4 is 17.5 Å². The predicted octanol–water partition coefficient (Wildman–Crippen LogP) is 4.01. The second-order valence-electron chi connectivity index (χ2n) is 7.24. The van der Waals surface area contributed by atoms with E-state index in [0.717, 1.165) is 55.7 Å². The third-order valence-electron chi connectivity index (χ3n) is 5.19. The SMILES string of the molecule is Cc1ccc(-n2ncc(C(=O)NCCC3CCCO3)c2C2CC2)cc1Cl. The molecule has 138 valence electrons. The van der Waals surface area contributed by atoms with Gasteiger partial charge in [-0.2, -0.15) is 5.10 Å². The highest BCUT2D eigenvalue weighted by Gasteiger charge is 2.33. The molecule has 4 rings (SSSR count). The Morgan fingerprint density at radius 1 is 1.38 bits per heavy atom. The Morgan fingerprint density at radius 2 is 2.23 bits per heavy atom. The minimum absolute atomic E-state index is 0.0469. The quantitative estimate of drug-likeness (QED) is 0.832. The average molecular weight is 374 g/mol. The van der Waals surface area contributed by atoms with Crippen molar-refractivity contribution in [3.05, 3.63) is 46.2 Å². The zero-order chi connectivity index (χ0) is 18.1. The third-order valence-corrected chi connectivity index (χ3v) is 5.60. The third kappa shape index (κ3) is 3.64. The topological polar surface area (TPSA) is 56.2 Å². The maximum absolute atomic E-state index is 12.7. The first kappa shape index (κ1) is 17.6. The van der Waals surface area contributed by atoms with E-state index in [1.165, 1.54) is 0 Å². The van der Waals surface area contributed by atoms with Gasteiger partial charge in [-0.15, -0.1) is 0 Å². The largest absolute Gasteiger partial charge is 0.378 e. The molecular weight excluding hydrogens is 350 g/mol. The molecular formula is C20H24ClN3O2. The van der Waals surface area contributed by atoms with Gasteiger partial charge in [0.05, 0.1) is 29.2 Å². The van der Waals surface area contributed by atoms with Gasteiger partial charge in [-0.05, 0) is 56.7 Å². The van der Waals surface area contributed by atoms with Crippen LogP contribution in [0.2, 0.25) is 5.02 Å². The molecule has 0 bridgehead atoms. The lowest BCUT2D eigenvalue weighted by Crippen LogP contribution is -2.27. The minimum atomic E-state index is -0.0469. The second kappa shape index (κ2) is 7.41. The Kier molecular flexibility index (Phi) is 5.00. The molecule has 5 nitrogen and oxygen atoms in total. The normalized spacial score (nSPS) is 19.7. The number of amides is 1. The maximum Gasteiger partial charge on any atom is 0.254 e. The molecule has 1 unspecified atom stereocenters. The summed E-state index contributed by atoms with van der Waals surface area (Å²) in [6.07, 6.45) is 7.25. The van der Waals surface area contributed by atoms with Crippen LogP contribution < -0.4 is 5.32 Å². The van der Waals surface area contributed by atoms with Crippen LogP contribution in [-0.4, -0.2) is 34.9 Å². The van der Waals surface area contributed by atoms with Crippen LogP contribution in [0.15, 0.2) is 24.4 Å². The number of halogens is 1. The number of hydrogen-bond acceptors (Lipinski definition) is 3. The Labute approximate surface area is 158 Å². The van der Waals surface area contributed by atoms with Crippen molar-refractivity contribution in [1.29, 1.82) is 0 Å². The monoisotopic (exact) mass is 373 g/mol. The minimum Gasteiger partial charge on any atom is -0.378 e. The Balaban J connectivity index is 1.52. The van der Waals surface area contributed by atoms with E-state index >= 15 is 0 Å². The van der Waals surface area contributed by atoms with Crippen molar-refractivity contribution < 1.29 is 9.53 Å². The zero-order valence-electron chi connectivity index (χ0n) is 15.0. The summed E-state index contributed by atoms with van der Waals surface area (Å²) in [4.78, 5) is 12.7. The lowest BCUT2D eigenvalue weighted by atomic mass is 10.1. The molecule has 1 aliphatic carbocycles. The summed E-state index contributed by atoms with van der Waals surface area (Å²) in [6.45, 7) is 3.45. The van der Waals surface area contributed by atoms with Crippen LogP contribution in [0.25, 0.3) is 5.69 Å². The van der Waals surface area contributed by atoms with Crippen LogP contribution in [0.1, 0.15) is 59.6 Å². The molecule has 1 saturated carbocycles. The average Bonchev–Trinajstić information content (AvgIpc) is 3.16. The Bertz CT molecular complexity index is 807. The van der Waals surface area contributed by atoms with E-state index in [1.807, 2.05) is 29.8 Å². The second-order valence-corrected chi connectivity index (χ2v) is 7.65. The van der Waals surface area contributed by atoms with Crippen molar-refractivity contribution in [2.45, 2.75) is 51.0 Å². The molecule has 1 amide bonds. The van der Waals surface area contributed by atoms with Crippen molar-refractivity contribution in [3.63, 3.8) is 0 Å². The lowest BCUT2D eigenvalue weighted by Gasteiger charge is -2.12. The van der Waals surface area contributed by atoms with Gasteiger partial charge in [-0.1, -0.05) is 17.7 Å². The number of hydrogen-bond donors (Lipinski definition) is 1. The highest BCUT2D eigenvalue weighted by Crippen LogP contribution is 2.42. The van der Waals surface area contributed by atoms with E-state index in [2.05, 4.69) is 10.4 Å². The number of nitrogens with zero attached hydrogens (tertiary/aromatic N) is 2. The molecule has 2 heterocycles. The van der Waals surface area contributed by atoms with Crippen molar-refractivity contribution in [2.24, 2.45) is 0 Å². The number of aromatic nitrogens is 2. The molecule has 2 fully saturated rings. The standard InChI is InChI=1S/C20H24ClN3O2/c1-13-4-7-15(11-18(13)21)24-19(14-5-6-14)17(12-23-24)20(25)22-9-8-16-3-2-10-26-16/h4,7,11-12,14,16H,2-3,5-6,8-10H2,1H3,(H,22,25). The summed E-state index contributed by atoms with van der Waals surface area (Å²) >= 11 is 6.28. The van der Waals surface area contributed by atoms with Gasteiger partial charge in [0.15, 0.2) is 0 Å². The molecule has 1 atom stereocenters. The Hall–Kier alpha value is -1.85. The zero-order valence-corrected chi connectivity index (χ0v) is 15.8. The number of aryl methyl sites for hydroxylation is 1. The molecule has 2 aromatic rings. The van der Waals surface area contributed by atoms with Crippen LogP contribution >= 0.6 is 11.6 Å². The molecule has 0 spiro atoms. The number of rotatable bonds is 6. The summed E-state index contributed by atoms with van der Waals surface area (Å²) in [7, 11) is 0. The van der Waals surface area contributed by atoms with Crippen LogP contribution in [0, 0.1) is 6.92 Å². The van der Waals surface area contributed by atoms with Gasteiger partial charge in [0, 0.05) is 24.1 Å². The summed E-state index contributed by atoms with van der Waals surface area (Å²) in [5.74, 6) is 0.353. The first-order chi connectivity index (χ1) is 12.6. The molecule has 1 aliphatic heterocycles. The number of carbonyl (C=O) groups excluding carboxylic acids is 1. The van der Waals surface area contributed by atoms with Crippen LogP contribution in [0.4, 0.5) is 0 Å². The summed E-state index contributed by atoms with van der Waals surface area (Å²) in [6, 6.07) is 5.89. The van der Waals surface area contributed by atoms with E-state index in [9.17, 15) is 4.79 Å². The fourth-order valence-electron chi connectivity index (χ4n) is 3.52. The van der Waals surface area contributed by atoms with Gasteiger partial charge in [-0.25, -0.2) is 4.68 Å². The molecule has 1 saturated heterocycles. The number of benzene rings is 1. The van der Waals surface area contributed by atoms with Gasteiger partial charge in [-0.3, -0.25) is 4.79 Å². The fourth-order valence-corrected chi connectivity index (χ4v) is 3.69. The smallest absolute Gasteiger partial charge is 0.254 e. The number of nitrogens with one attached hydrogen (secondary N) is 1. The molecule has 26 heavy (non-hydrogen) atoms. The van der Waals surface area contributed by atoms with E-state index in [4.69, 9.17) is 16.3 Å². The van der Waals surface area contributed by atoms with Crippen LogP contribution in [0.3, 0.4) is 0 Å². The van der Waals surface area contributed by atoms with E-state index in [-0.39, 0.29) is 12.0 Å². The van der Waals surface area contributed by atoms with Gasteiger partial charge in [0.2, 0.25) is 0 Å². The van der Waals surface area contributed by atoms with E-state index in [1.54, 1.807) is 6.20 Å². The molecule has 2 aliphatic rings. The maximum atomic E-state index is 12.7. The molecule has 1 aromatic carbocycles. The number of ether oxygens (including phenoxy) is 1. The van der Waals surface area contributed by atoms with Crippen molar-refractivity contribution in [2.75, 3.05) is 13.2 Å². The van der Waals surface area contributed by atoms with Gasteiger partial charge in [0.1, 0.15) is 0 Å². The molecule has 1 aromatic heterocycles.